The number of amides is 1. The SMILES string of the molecule is C=CCn1cc(C(O)(c2ccc3c(cnn3-c3ccc(F)cc3)c2)C(F)(F)F)cc1C(=O)N1CCOCC1. The van der Waals surface area contributed by atoms with E-state index in [1.165, 1.54) is 68.9 Å². The van der Waals surface area contributed by atoms with Crippen molar-refractivity contribution in [3.05, 3.63) is 96.2 Å². The number of benzene rings is 2. The van der Waals surface area contributed by atoms with Crippen LogP contribution in [0.4, 0.5) is 17.6 Å². The Bertz CT molecular complexity index is 1490. The van der Waals surface area contributed by atoms with Crippen LogP contribution in [-0.2, 0) is 16.9 Å². The highest BCUT2D eigenvalue weighted by Gasteiger charge is 2.57. The molecule has 1 aliphatic rings. The van der Waals surface area contributed by atoms with Gasteiger partial charge in [-0.2, -0.15) is 18.3 Å². The number of carbonyl (C=O) groups excluding carboxylic acids is 1. The lowest BCUT2D eigenvalue weighted by Gasteiger charge is -2.30. The summed E-state index contributed by atoms with van der Waals surface area (Å²) >= 11 is 0. The molecular weight excluding hydrogens is 504 g/mol. The molecule has 4 aromatic rings. The Balaban J connectivity index is 1.59. The summed E-state index contributed by atoms with van der Waals surface area (Å²) in [6, 6.07) is 10.4. The van der Waals surface area contributed by atoms with Gasteiger partial charge in [-0.05, 0) is 48.0 Å². The first-order chi connectivity index (χ1) is 18.1. The van der Waals surface area contributed by atoms with Gasteiger partial charge in [0.15, 0.2) is 0 Å². The van der Waals surface area contributed by atoms with Gasteiger partial charge in [0, 0.05) is 36.8 Å². The summed E-state index contributed by atoms with van der Waals surface area (Å²) in [5.74, 6) is -0.889. The summed E-state index contributed by atoms with van der Waals surface area (Å²) in [4.78, 5) is 14.7. The lowest BCUT2D eigenvalue weighted by molar-refractivity contribution is -0.248. The first kappa shape index (κ1) is 25.7. The first-order valence-corrected chi connectivity index (χ1v) is 11.9. The van der Waals surface area contributed by atoms with E-state index in [1.54, 1.807) is 0 Å². The number of hydrogen-bond acceptors (Lipinski definition) is 4. The molecule has 2 aromatic carbocycles. The minimum Gasteiger partial charge on any atom is -0.378 e. The van der Waals surface area contributed by atoms with Gasteiger partial charge < -0.3 is 19.3 Å². The number of aliphatic hydroxyl groups is 1. The van der Waals surface area contributed by atoms with E-state index >= 15 is 0 Å². The number of nitrogens with zero attached hydrogens (tertiary/aromatic N) is 4. The molecule has 5 rings (SSSR count). The number of aromatic nitrogens is 3. The van der Waals surface area contributed by atoms with E-state index in [2.05, 4.69) is 11.7 Å². The summed E-state index contributed by atoms with van der Waals surface area (Å²) in [6.07, 6.45) is -1.15. The third kappa shape index (κ3) is 4.37. The molecule has 1 atom stereocenters. The monoisotopic (exact) mass is 528 g/mol. The summed E-state index contributed by atoms with van der Waals surface area (Å²) in [7, 11) is 0. The number of allylic oxidation sites excluding steroid dienone is 1. The van der Waals surface area contributed by atoms with Gasteiger partial charge in [-0.25, -0.2) is 9.07 Å². The minimum absolute atomic E-state index is 0.00897. The zero-order valence-electron chi connectivity index (χ0n) is 20.2. The lowest BCUT2D eigenvalue weighted by Crippen LogP contribution is -2.43. The molecule has 1 amide bonds. The Kier molecular flexibility index (Phi) is 6.58. The Labute approximate surface area is 215 Å². The molecule has 1 fully saturated rings. The van der Waals surface area contributed by atoms with Gasteiger partial charge in [0.05, 0.1) is 30.6 Å². The minimum atomic E-state index is -5.12. The average molecular weight is 529 g/mol. The van der Waals surface area contributed by atoms with Crippen LogP contribution in [0.2, 0.25) is 0 Å². The average Bonchev–Trinajstić information content (AvgIpc) is 3.53. The van der Waals surface area contributed by atoms with Crippen LogP contribution in [0.15, 0.2) is 73.6 Å². The molecule has 1 saturated heterocycles. The topological polar surface area (TPSA) is 72.5 Å². The highest BCUT2D eigenvalue weighted by atomic mass is 19.4. The molecular formula is C27H24F4N4O3. The van der Waals surface area contributed by atoms with Crippen LogP contribution in [0.1, 0.15) is 21.6 Å². The van der Waals surface area contributed by atoms with E-state index in [0.29, 0.717) is 42.9 Å². The van der Waals surface area contributed by atoms with Crippen LogP contribution in [0.25, 0.3) is 16.6 Å². The summed E-state index contributed by atoms with van der Waals surface area (Å²) in [5.41, 5.74) is -3.34. The van der Waals surface area contributed by atoms with Crippen LogP contribution < -0.4 is 0 Å². The molecule has 1 aliphatic heterocycles. The number of fused-ring (bicyclic) bond motifs is 1. The number of ether oxygens (including phenoxy) is 1. The predicted molar refractivity (Wildman–Crippen MR) is 131 cm³/mol. The molecule has 1 unspecified atom stereocenters. The third-order valence-corrected chi connectivity index (χ3v) is 6.62. The standard InChI is InChI=1S/C27H24F4N4O3/c1-2-9-34-17-20(15-24(34)25(36)33-10-12-38-13-11-33)26(37,27(29,30)31)19-3-8-23-18(14-19)16-32-35(23)22-6-4-21(28)5-7-22/h2-8,14-17,37H,1,9-13H2. The van der Waals surface area contributed by atoms with E-state index in [-0.39, 0.29) is 12.2 Å². The maximum atomic E-state index is 14.6. The van der Waals surface area contributed by atoms with Gasteiger partial charge in [-0.3, -0.25) is 4.79 Å². The van der Waals surface area contributed by atoms with Crippen molar-refractivity contribution in [2.24, 2.45) is 0 Å². The van der Waals surface area contributed by atoms with Crippen molar-refractivity contribution in [1.29, 1.82) is 0 Å². The molecule has 0 radical (unpaired) electrons. The van der Waals surface area contributed by atoms with Gasteiger partial charge in [-0.1, -0.05) is 12.1 Å². The highest BCUT2D eigenvalue weighted by molar-refractivity contribution is 5.93. The van der Waals surface area contributed by atoms with Crippen molar-refractivity contribution < 1.29 is 32.2 Å². The summed E-state index contributed by atoms with van der Waals surface area (Å²) in [6.45, 7) is 4.99. The summed E-state index contributed by atoms with van der Waals surface area (Å²) in [5, 5.41) is 15.9. The van der Waals surface area contributed by atoms with Gasteiger partial charge in [0.2, 0.25) is 5.60 Å². The van der Waals surface area contributed by atoms with E-state index in [1.807, 2.05) is 0 Å². The molecule has 3 heterocycles. The van der Waals surface area contributed by atoms with Crippen molar-refractivity contribution in [2.75, 3.05) is 26.3 Å². The van der Waals surface area contributed by atoms with Crippen molar-refractivity contribution >= 4 is 16.8 Å². The Morgan fingerprint density at radius 3 is 2.45 bits per heavy atom. The molecule has 2 aromatic heterocycles. The number of morpholine rings is 1. The molecule has 7 nitrogen and oxygen atoms in total. The fourth-order valence-electron chi connectivity index (χ4n) is 4.65. The Morgan fingerprint density at radius 2 is 1.79 bits per heavy atom. The molecule has 0 spiro atoms. The largest absolute Gasteiger partial charge is 0.425 e. The fourth-order valence-corrected chi connectivity index (χ4v) is 4.65. The number of alkyl halides is 3. The van der Waals surface area contributed by atoms with Crippen molar-refractivity contribution in [3.63, 3.8) is 0 Å². The molecule has 198 valence electrons. The molecule has 0 saturated carbocycles. The van der Waals surface area contributed by atoms with Crippen LogP contribution in [-0.4, -0.2) is 62.7 Å². The second-order valence-electron chi connectivity index (χ2n) is 8.97. The molecule has 0 bridgehead atoms. The molecule has 38 heavy (non-hydrogen) atoms. The predicted octanol–water partition coefficient (Wildman–Crippen LogP) is 4.42. The number of halogens is 4. The van der Waals surface area contributed by atoms with E-state index in [0.717, 1.165) is 12.3 Å². The second-order valence-corrected chi connectivity index (χ2v) is 8.97. The van der Waals surface area contributed by atoms with Gasteiger partial charge in [0.25, 0.3) is 5.91 Å². The van der Waals surface area contributed by atoms with Crippen molar-refractivity contribution in [2.45, 2.75) is 18.3 Å². The number of rotatable bonds is 6. The van der Waals surface area contributed by atoms with E-state index in [9.17, 15) is 27.5 Å². The highest BCUT2D eigenvalue weighted by Crippen LogP contribution is 2.45. The van der Waals surface area contributed by atoms with Crippen molar-refractivity contribution in [3.8, 4) is 5.69 Å². The normalized spacial score (nSPS) is 16.0. The first-order valence-electron chi connectivity index (χ1n) is 11.9. The maximum absolute atomic E-state index is 14.6. The van der Waals surface area contributed by atoms with Crippen LogP contribution in [0.5, 0.6) is 0 Å². The molecule has 0 aliphatic carbocycles. The van der Waals surface area contributed by atoms with Crippen LogP contribution in [0, 0.1) is 5.82 Å². The Morgan fingerprint density at radius 1 is 1.08 bits per heavy atom. The molecule has 11 heteroatoms. The zero-order chi connectivity index (χ0) is 27.1. The van der Waals surface area contributed by atoms with Crippen molar-refractivity contribution in [1.82, 2.24) is 19.2 Å². The van der Waals surface area contributed by atoms with E-state index in [4.69, 9.17) is 4.74 Å². The lowest BCUT2D eigenvalue weighted by atomic mass is 9.86. The fraction of sp³-hybridized carbons (Fsp3) is 0.259. The van der Waals surface area contributed by atoms with Crippen LogP contribution >= 0.6 is 0 Å². The second kappa shape index (κ2) is 9.73. The Hall–Kier alpha value is -3.96. The summed E-state index contributed by atoms with van der Waals surface area (Å²) < 4.78 is 65.3. The molecule has 1 N–H and O–H groups in total. The maximum Gasteiger partial charge on any atom is 0.425 e. The van der Waals surface area contributed by atoms with Crippen LogP contribution in [0.3, 0.4) is 0 Å². The van der Waals surface area contributed by atoms with Gasteiger partial charge in [-0.15, -0.1) is 6.58 Å². The number of hydrogen-bond donors (Lipinski definition) is 1. The van der Waals surface area contributed by atoms with E-state index < -0.39 is 34.6 Å². The quantitative estimate of drug-likeness (QED) is 0.297. The third-order valence-electron chi connectivity index (χ3n) is 6.62. The zero-order valence-corrected chi connectivity index (χ0v) is 20.2. The number of carbonyl (C=O) groups is 1. The van der Waals surface area contributed by atoms with Gasteiger partial charge >= 0.3 is 6.18 Å². The smallest absolute Gasteiger partial charge is 0.378 e. The van der Waals surface area contributed by atoms with Gasteiger partial charge in [0.1, 0.15) is 11.5 Å².